The number of anilines is 1. The second-order valence-electron chi connectivity index (χ2n) is 4.20. The molecule has 0 aliphatic heterocycles. The Morgan fingerprint density at radius 3 is 2.94 bits per heavy atom. The zero-order valence-electron chi connectivity index (χ0n) is 10.00. The average molecular weight is 255 g/mol. The molecule has 90 valence electrons. The quantitative estimate of drug-likeness (QED) is 0.772. The number of thiophene rings is 1. The first-order chi connectivity index (χ1) is 8.84. The monoisotopic (exact) mass is 255 g/mol. The number of rotatable bonds is 3. The summed E-state index contributed by atoms with van der Waals surface area (Å²) < 4.78 is 0. The molecule has 0 bridgehead atoms. The van der Waals surface area contributed by atoms with Crippen molar-refractivity contribution < 1.29 is 0 Å². The number of hydrogen-bond acceptors (Lipinski definition) is 4. The molecule has 1 atom stereocenters. The second kappa shape index (κ2) is 4.74. The normalized spacial score (nSPS) is 12.5. The number of aromatic nitrogens is 2. The summed E-state index contributed by atoms with van der Waals surface area (Å²) in [6, 6.07) is 10.4. The van der Waals surface area contributed by atoms with E-state index in [4.69, 9.17) is 0 Å². The van der Waals surface area contributed by atoms with Crippen LogP contribution in [0, 0.1) is 0 Å². The van der Waals surface area contributed by atoms with Gasteiger partial charge in [0.05, 0.1) is 17.4 Å². The van der Waals surface area contributed by atoms with Crippen molar-refractivity contribution in [2.75, 3.05) is 5.32 Å². The van der Waals surface area contributed by atoms with Crippen LogP contribution in [-0.2, 0) is 0 Å². The van der Waals surface area contributed by atoms with Gasteiger partial charge in [0.2, 0.25) is 0 Å². The molecule has 0 aliphatic carbocycles. The van der Waals surface area contributed by atoms with E-state index in [-0.39, 0.29) is 6.04 Å². The molecule has 3 aromatic rings. The van der Waals surface area contributed by atoms with Crippen LogP contribution < -0.4 is 5.32 Å². The van der Waals surface area contributed by atoms with Gasteiger partial charge >= 0.3 is 0 Å². The molecule has 0 saturated heterocycles. The standard InChI is InChI=1S/C14H13N3S/c1-10(11-6-7-18-9-11)16-14-8-15-17-13-5-3-2-4-12(13)14/h2-10H,1H3,(H,16,17). The van der Waals surface area contributed by atoms with Gasteiger partial charge in [0, 0.05) is 11.4 Å². The average Bonchev–Trinajstić information content (AvgIpc) is 2.93. The lowest BCUT2D eigenvalue weighted by atomic mass is 10.1. The third-order valence-electron chi connectivity index (χ3n) is 2.96. The van der Waals surface area contributed by atoms with Gasteiger partial charge in [-0.25, -0.2) is 0 Å². The lowest BCUT2D eigenvalue weighted by molar-refractivity contribution is 0.888. The van der Waals surface area contributed by atoms with Crippen LogP contribution in [-0.4, -0.2) is 10.2 Å². The number of nitrogens with one attached hydrogen (secondary N) is 1. The predicted octanol–water partition coefficient (Wildman–Crippen LogP) is 3.86. The largest absolute Gasteiger partial charge is 0.377 e. The summed E-state index contributed by atoms with van der Waals surface area (Å²) in [4.78, 5) is 0. The zero-order chi connectivity index (χ0) is 12.4. The Labute approximate surface area is 109 Å². The smallest absolute Gasteiger partial charge is 0.0950 e. The molecule has 0 fully saturated rings. The molecule has 2 aromatic heterocycles. The Balaban J connectivity index is 1.95. The highest BCUT2D eigenvalue weighted by Crippen LogP contribution is 2.25. The maximum atomic E-state index is 4.12. The molecule has 1 aromatic carbocycles. The number of hydrogen-bond donors (Lipinski definition) is 1. The molecule has 4 heteroatoms. The van der Waals surface area contributed by atoms with Crippen LogP contribution in [0.1, 0.15) is 18.5 Å². The molecule has 1 N–H and O–H groups in total. The number of fused-ring (bicyclic) bond motifs is 1. The van der Waals surface area contributed by atoms with Gasteiger partial charge in [0.25, 0.3) is 0 Å². The van der Waals surface area contributed by atoms with E-state index >= 15 is 0 Å². The van der Waals surface area contributed by atoms with E-state index in [9.17, 15) is 0 Å². The van der Waals surface area contributed by atoms with Gasteiger partial charge in [-0.15, -0.1) is 0 Å². The van der Waals surface area contributed by atoms with E-state index in [2.05, 4.69) is 45.3 Å². The van der Waals surface area contributed by atoms with E-state index in [0.717, 1.165) is 16.6 Å². The second-order valence-corrected chi connectivity index (χ2v) is 4.98. The summed E-state index contributed by atoms with van der Waals surface area (Å²) >= 11 is 1.71. The lowest BCUT2D eigenvalue weighted by Crippen LogP contribution is -2.06. The Bertz CT molecular complexity index is 644. The zero-order valence-corrected chi connectivity index (χ0v) is 10.8. The fourth-order valence-electron chi connectivity index (χ4n) is 1.96. The third kappa shape index (κ3) is 2.07. The first-order valence-corrected chi connectivity index (χ1v) is 6.78. The Morgan fingerprint density at radius 1 is 1.22 bits per heavy atom. The van der Waals surface area contributed by atoms with E-state index in [1.54, 1.807) is 17.5 Å². The van der Waals surface area contributed by atoms with Crippen LogP contribution >= 0.6 is 11.3 Å². The summed E-state index contributed by atoms with van der Waals surface area (Å²) in [7, 11) is 0. The fourth-order valence-corrected chi connectivity index (χ4v) is 2.71. The molecule has 0 radical (unpaired) electrons. The van der Waals surface area contributed by atoms with Crippen molar-refractivity contribution in [2.24, 2.45) is 0 Å². The minimum absolute atomic E-state index is 0.267. The van der Waals surface area contributed by atoms with Crippen LogP contribution in [0.2, 0.25) is 0 Å². The first kappa shape index (κ1) is 11.2. The molecular weight excluding hydrogens is 242 g/mol. The van der Waals surface area contributed by atoms with E-state index in [0.29, 0.717) is 0 Å². The van der Waals surface area contributed by atoms with Crippen molar-refractivity contribution in [3.05, 3.63) is 52.9 Å². The highest BCUT2D eigenvalue weighted by Gasteiger charge is 2.08. The first-order valence-electron chi connectivity index (χ1n) is 5.83. The van der Waals surface area contributed by atoms with Crippen molar-refractivity contribution >= 4 is 27.9 Å². The van der Waals surface area contributed by atoms with Crippen LogP contribution in [0.4, 0.5) is 5.69 Å². The minimum atomic E-state index is 0.267. The van der Waals surface area contributed by atoms with Gasteiger partial charge in [-0.2, -0.15) is 21.5 Å². The number of benzene rings is 1. The molecule has 3 rings (SSSR count). The topological polar surface area (TPSA) is 37.8 Å². The van der Waals surface area contributed by atoms with Gasteiger partial charge in [0.1, 0.15) is 0 Å². The molecule has 3 nitrogen and oxygen atoms in total. The van der Waals surface area contributed by atoms with Crippen molar-refractivity contribution in [1.82, 2.24) is 10.2 Å². The van der Waals surface area contributed by atoms with Crippen molar-refractivity contribution in [3.8, 4) is 0 Å². The van der Waals surface area contributed by atoms with Gasteiger partial charge in [0.15, 0.2) is 0 Å². The summed E-state index contributed by atoms with van der Waals surface area (Å²) in [5.74, 6) is 0. The Morgan fingerprint density at radius 2 is 2.11 bits per heavy atom. The van der Waals surface area contributed by atoms with Gasteiger partial charge in [-0.1, -0.05) is 18.2 Å². The third-order valence-corrected chi connectivity index (χ3v) is 3.66. The minimum Gasteiger partial charge on any atom is -0.377 e. The molecule has 0 aliphatic rings. The maximum Gasteiger partial charge on any atom is 0.0950 e. The SMILES string of the molecule is CC(Nc1cnnc2ccccc12)c1ccsc1. The summed E-state index contributed by atoms with van der Waals surface area (Å²) in [6.07, 6.45) is 1.78. The molecule has 18 heavy (non-hydrogen) atoms. The molecular formula is C14H13N3S. The Kier molecular flexibility index (Phi) is 2.94. The van der Waals surface area contributed by atoms with E-state index < -0.39 is 0 Å². The van der Waals surface area contributed by atoms with Crippen LogP contribution in [0.25, 0.3) is 10.9 Å². The summed E-state index contributed by atoms with van der Waals surface area (Å²) in [5, 5.41) is 17.0. The van der Waals surface area contributed by atoms with Crippen LogP contribution in [0.15, 0.2) is 47.3 Å². The van der Waals surface area contributed by atoms with Gasteiger partial charge < -0.3 is 5.32 Å². The van der Waals surface area contributed by atoms with Gasteiger partial charge in [-0.05, 0) is 35.4 Å². The summed E-state index contributed by atoms with van der Waals surface area (Å²) in [6.45, 7) is 2.15. The predicted molar refractivity (Wildman–Crippen MR) is 75.9 cm³/mol. The van der Waals surface area contributed by atoms with Crippen molar-refractivity contribution in [3.63, 3.8) is 0 Å². The van der Waals surface area contributed by atoms with E-state index in [1.165, 1.54) is 5.56 Å². The highest BCUT2D eigenvalue weighted by molar-refractivity contribution is 7.07. The van der Waals surface area contributed by atoms with Crippen LogP contribution in [0.3, 0.4) is 0 Å². The molecule has 2 heterocycles. The number of nitrogens with zero attached hydrogens (tertiary/aromatic N) is 2. The van der Waals surface area contributed by atoms with Crippen LogP contribution in [0.5, 0.6) is 0 Å². The summed E-state index contributed by atoms with van der Waals surface area (Å²) in [5.41, 5.74) is 3.24. The van der Waals surface area contributed by atoms with Gasteiger partial charge in [-0.3, -0.25) is 0 Å². The van der Waals surface area contributed by atoms with Crippen molar-refractivity contribution in [2.45, 2.75) is 13.0 Å². The molecule has 1 unspecified atom stereocenters. The fraction of sp³-hybridized carbons (Fsp3) is 0.143. The Hall–Kier alpha value is -1.94. The molecule has 0 amide bonds. The van der Waals surface area contributed by atoms with E-state index in [1.807, 2.05) is 18.2 Å². The maximum absolute atomic E-state index is 4.12. The molecule has 0 saturated carbocycles. The highest BCUT2D eigenvalue weighted by atomic mass is 32.1. The lowest BCUT2D eigenvalue weighted by Gasteiger charge is -2.15. The van der Waals surface area contributed by atoms with Crippen molar-refractivity contribution in [1.29, 1.82) is 0 Å². The molecule has 0 spiro atoms.